The molecule has 0 saturated carbocycles. The van der Waals surface area contributed by atoms with Gasteiger partial charge in [-0.05, 0) is 37.7 Å². The smallest absolute Gasteiger partial charge is 0.338 e. The van der Waals surface area contributed by atoms with Crippen LogP contribution >= 0.6 is 23.8 Å². The van der Waals surface area contributed by atoms with Crippen LogP contribution in [0.4, 0.5) is 0 Å². The number of nitrogens with zero attached hydrogens (tertiary/aromatic N) is 1. The van der Waals surface area contributed by atoms with Crippen LogP contribution in [-0.4, -0.2) is 29.6 Å². The van der Waals surface area contributed by atoms with Crippen molar-refractivity contribution in [3.63, 3.8) is 0 Å². The van der Waals surface area contributed by atoms with Gasteiger partial charge in [0.15, 0.2) is 5.11 Å². The van der Waals surface area contributed by atoms with Crippen LogP contribution < -0.4 is 5.32 Å². The van der Waals surface area contributed by atoms with Gasteiger partial charge in [-0.25, -0.2) is 4.79 Å². The van der Waals surface area contributed by atoms with Gasteiger partial charge in [-0.15, -0.1) is 0 Å². The van der Waals surface area contributed by atoms with E-state index in [1.165, 1.54) is 0 Å². The van der Waals surface area contributed by atoms with Crippen LogP contribution in [0, 0.1) is 0 Å². The molecule has 1 aromatic rings. The number of rotatable bonds is 3. The average Bonchev–Trinajstić information content (AvgIpc) is 2.45. The third-order valence-corrected chi connectivity index (χ3v) is 4.20. The van der Waals surface area contributed by atoms with Crippen molar-refractivity contribution < 1.29 is 9.53 Å². The van der Waals surface area contributed by atoms with E-state index in [-0.39, 0.29) is 5.97 Å². The molecule has 0 bridgehead atoms. The van der Waals surface area contributed by atoms with E-state index in [1.54, 1.807) is 17.9 Å². The Morgan fingerprint density at radius 2 is 2.14 bits per heavy atom. The predicted molar refractivity (Wildman–Crippen MR) is 87.0 cm³/mol. The third-order valence-electron chi connectivity index (χ3n) is 3.47. The number of allylic oxidation sites excluding steroid dienone is 1. The molecule has 1 aliphatic rings. The first kappa shape index (κ1) is 15.8. The Balaban J connectivity index is 2.54. The summed E-state index contributed by atoms with van der Waals surface area (Å²) in [6.45, 7) is 3.95. The average molecular weight is 325 g/mol. The maximum atomic E-state index is 12.3. The van der Waals surface area contributed by atoms with Crippen molar-refractivity contribution >= 4 is 34.9 Å². The zero-order valence-corrected chi connectivity index (χ0v) is 13.7. The summed E-state index contributed by atoms with van der Waals surface area (Å²) in [5.74, 6) is -0.359. The maximum absolute atomic E-state index is 12.3. The molecule has 0 radical (unpaired) electrons. The highest BCUT2D eigenvalue weighted by Crippen LogP contribution is 2.34. The van der Waals surface area contributed by atoms with Crippen molar-refractivity contribution in [3.05, 3.63) is 46.1 Å². The monoisotopic (exact) mass is 324 g/mol. The molecule has 1 heterocycles. The molecule has 0 aliphatic carbocycles. The number of nitrogens with one attached hydrogen (secondary N) is 1. The van der Waals surface area contributed by atoms with Gasteiger partial charge in [0.05, 0.1) is 18.2 Å². The van der Waals surface area contributed by atoms with Crippen LogP contribution in [0.25, 0.3) is 0 Å². The van der Waals surface area contributed by atoms with Gasteiger partial charge < -0.3 is 15.0 Å². The summed E-state index contributed by atoms with van der Waals surface area (Å²) in [7, 11) is 1.81. The van der Waals surface area contributed by atoms with Crippen molar-refractivity contribution in [2.45, 2.75) is 19.9 Å². The first-order valence-corrected chi connectivity index (χ1v) is 7.42. The first-order valence-electron chi connectivity index (χ1n) is 6.63. The maximum Gasteiger partial charge on any atom is 0.338 e. The van der Waals surface area contributed by atoms with Crippen molar-refractivity contribution in [1.29, 1.82) is 0 Å². The Labute approximate surface area is 134 Å². The van der Waals surface area contributed by atoms with Gasteiger partial charge in [0.1, 0.15) is 0 Å². The summed E-state index contributed by atoms with van der Waals surface area (Å²) in [6, 6.07) is 6.99. The molecule has 0 aromatic heterocycles. The Morgan fingerprint density at radius 3 is 2.76 bits per heavy atom. The SMILES string of the molecule is CCOC(=O)C1=C(C)N(C)C(=S)N[C@H]1c1ccccc1Cl. The van der Waals surface area contributed by atoms with Crippen LogP contribution in [0.5, 0.6) is 0 Å². The summed E-state index contributed by atoms with van der Waals surface area (Å²) in [6.07, 6.45) is 0. The molecule has 0 fully saturated rings. The Kier molecular flexibility index (Phi) is 4.85. The largest absolute Gasteiger partial charge is 0.463 e. The van der Waals surface area contributed by atoms with Gasteiger partial charge >= 0.3 is 5.97 Å². The second-order valence-corrected chi connectivity index (χ2v) is 5.48. The van der Waals surface area contributed by atoms with E-state index in [0.717, 1.165) is 11.3 Å². The van der Waals surface area contributed by atoms with E-state index in [9.17, 15) is 4.79 Å². The highest BCUT2D eigenvalue weighted by atomic mass is 35.5. The van der Waals surface area contributed by atoms with Crippen LogP contribution in [0.15, 0.2) is 35.5 Å². The Morgan fingerprint density at radius 1 is 1.48 bits per heavy atom. The quantitative estimate of drug-likeness (QED) is 0.683. The van der Waals surface area contributed by atoms with Crippen LogP contribution in [0.1, 0.15) is 25.5 Å². The fraction of sp³-hybridized carbons (Fsp3) is 0.333. The summed E-state index contributed by atoms with van der Waals surface area (Å²) in [5.41, 5.74) is 2.10. The molecule has 1 aromatic carbocycles. The molecule has 112 valence electrons. The Hall–Kier alpha value is -1.59. The number of hydrogen-bond acceptors (Lipinski definition) is 3. The lowest BCUT2D eigenvalue weighted by Gasteiger charge is -2.35. The van der Waals surface area contributed by atoms with Crippen LogP contribution in [0.3, 0.4) is 0 Å². The molecule has 0 saturated heterocycles. The van der Waals surface area contributed by atoms with E-state index in [2.05, 4.69) is 5.32 Å². The lowest BCUT2D eigenvalue weighted by Crippen LogP contribution is -2.46. The van der Waals surface area contributed by atoms with E-state index >= 15 is 0 Å². The molecule has 0 amide bonds. The van der Waals surface area contributed by atoms with Crippen molar-refractivity contribution in [2.24, 2.45) is 0 Å². The molecule has 21 heavy (non-hydrogen) atoms. The first-order chi connectivity index (χ1) is 9.97. The second-order valence-electron chi connectivity index (χ2n) is 4.68. The fourth-order valence-corrected chi connectivity index (χ4v) is 2.75. The fourth-order valence-electron chi connectivity index (χ4n) is 2.25. The van der Waals surface area contributed by atoms with Gasteiger partial charge in [-0.2, -0.15) is 0 Å². The third kappa shape index (κ3) is 3.04. The highest BCUT2D eigenvalue weighted by Gasteiger charge is 2.34. The highest BCUT2D eigenvalue weighted by molar-refractivity contribution is 7.80. The van der Waals surface area contributed by atoms with E-state index in [0.29, 0.717) is 22.3 Å². The summed E-state index contributed by atoms with van der Waals surface area (Å²) in [5, 5.41) is 4.28. The lowest BCUT2D eigenvalue weighted by atomic mass is 9.95. The van der Waals surface area contributed by atoms with Crippen molar-refractivity contribution in [1.82, 2.24) is 10.2 Å². The number of halogens is 1. The molecule has 0 unspecified atom stereocenters. The van der Waals surface area contributed by atoms with Crippen LogP contribution in [-0.2, 0) is 9.53 Å². The van der Waals surface area contributed by atoms with Gasteiger partial charge in [-0.3, -0.25) is 0 Å². The van der Waals surface area contributed by atoms with E-state index in [1.807, 2.05) is 32.2 Å². The number of carbonyl (C=O) groups excluding carboxylic acids is 1. The molecular formula is C15H17ClN2O2S. The molecule has 1 atom stereocenters. The zero-order valence-electron chi connectivity index (χ0n) is 12.1. The Bertz CT molecular complexity index is 615. The zero-order chi connectivity index (χ0) is 15.6. The number of carbonyl (C=O) groups is 1. The number of esters is 1. The van der Waals surface area contributed by atoms with Crippen molar-refractivity contribution in [3.8, 4) is 0 Å². The van der Waals surface area contributed by atoms with Crippen LogP contribution in [0.2, 0.25) is 5.02 Å². The minimum atomic E-state index is -0.401. The van der Waals surface area contributed by atoms with Gasteiger partial charge in [0, 0.05) is 17.8 Å². The molecule has 1 N–H and O–H groups in total. The minimum Gasteiger partial charge on any atom is -0.463 e. The van der Waals surface area contributed by atoms with Crippen molar-refractivity contribution in [2.75, 3.05) is 13.7 Å². The predicted octanol–water partition coefficient (Wildman–Crippen LogP) is 3.04. The molecule has 1 aliphatic heterocycles. The van der Waals surface area contributed by atoms with E-state index in [4.69, 9.17) is 28.6 Å². The number of ether oxygens (including phenoxy) is 1. The number of hydrogen-bond donors (Lipinski definition) is 1. The molecule has 0 spiro atoms. The standard InChI is InChI=1S/C15H17ClN2O2S/c1-4-20-14(19)12-9(2)18(3)15(21)17-13(12)10-7-5-6-8-11(10)16/h5-8,13H,4H2,1-3H3,(H,17,21)/t13-/m0/s1. The molecule has 4 nitrogen and oxygen atoms in total. The summed E-state index contributed by atoms with van der Waals surface area (Å²) < 4.78 is 5.18. The molecular weight excluding hydrogens is 308 g/mol. The van der Waals surface area contributed by atoms with E-state index < -0.39 is 6.04 Å². The van der Waals surface area contributed by atoms with Gasteiger partial charge in [-0.1, -0.05) is 29.8 Å². The summed E-state index contributed by atoms with van der Waals surface area (Å²) in [4.78, 5) is 14.1. The lowest BCUT2D eigenvalue weighted by molar-refractivity contribution is -0.139. The topological polar surface area (TPSA) is 41.6 Å². The normalized spacial score (nSPS) is 18.6. The minimum absolute atomic E-state index is 0.318. The second kappa shape index (κ2) is 6.45. The number of thiocarbonyl (C=S) groups is 1. The van der Waals surface area contributed by atoms with Gasteiger partial charge in [0.2, 0.25) is 0 Å². The van der Waals surface area contributed by atoms with Gasteiger partial charge in [0.25, 0.3) is 0 Å². The summed E-state index contributed by atoms with van der Waals surface area (Å²) >= 11 is 11.6. The number of benzene rings is 1. The molecule has 2 rings (SSSR count). The molecule has 6 heteroatoms.